The monoisotopic (exact) mass is 207 g/mol. The van der Waals surface area contributed by atoms with E-state index < -0.39 is 0 Å². The average Bonchev–Trinajstić information content (AvgIpc) is 2.87. The zero-order valence-electron chi connectivity index (χ0n) is 8.03. The molecule has 1 saturated heterocycles. The molecule has 14 heavy (non-hydrogen) atoms. The molecule has 1 atom stereocenters. The van der Waals surface area contributed by atoms with Crippen LogP contribution in [0.3, 0.4) is 0 Å². The molecule has 2 rings (SSSR count). The van der Waals surface area contributed by atoms with E-state index in [1.807, 2.05) is 0 Å². The van der Waals surface area contributed by atoms with E-state index in [2.05, 4.69) is 23.6 Å². The number of thiophene rings is 1. The van der Waals surface area contributed by atoms with E-state index >= 15 is 0 Å². The maximum absolute atomic E-state index is 9.12. The Morgan fingerprint density at radius 2 is 2.57 bits per heavy atom. The molecule has 0 saturated carbocycles. The second kappa shape index (κ2) is 4.12. The maximum atomic E-state index is 9.12. The topological polar surface area (TPSA) is 33.0 Å². The fourth-order valence-corrected chi connectivity index (χ4v) is 2.47. The van der Waals surface area contributed by atoms with E-state index in [-0.39, 0.29) is 5.41 Å². The van der Waals surface area contributed by atoms with Crippen molar-refractivity contribution in [1.82, 2.24) is 0 Å². The van der Waals surface area contributed by atoms with Gasteiger partial charge < -0.3 is 4.74 Å². The molecule has 1 aromatic heterocycles. The van der Waals surface area contributed by atoms with Crippen molar-refractivity contribution in [2.24, 2.45) is 5.41 Å². The van der Waals surface area contributed by atoms with Crippen LogP contribution in [0.15, 0.2) is 17.5 Å². The summed E-state index contributed by atoms with van der Waals surface area (Å²) in [5, 5.41) is 11.2. The molecule has 74 valence electrons. The highest BCUT2D eigenvalue weighted by atomic mass is 32.1. The number of hydrogen-bond acceptors (Lipinski definition) is 3. The summed E-state index contributed by atoms with van der Waals surface area (Å²) in [5.41, 5.74) is -0.204. The van der Waals surface area contributed by atoms with Crippen molar-refractivity contribution in [2.45, 2.75) is 19.3 Å². The van der Waals surface area contributed by atoms with Gasteiger partial charge in [0.25, 0.3) is 0 Å². The molecule has 1 unspecified atom stereocenters. The van der Waals surface area contributed by atoms with Crippen molar-refractivity contribution in [3.05, 3.63) is 22.4 Å². The molecule has 0 radical (unpaired) electrons. The zero-order chi connectivity index (χ0) is 9.86. The standard InChI is InChI=1S/C11H13NOS/c12-8-11(5-6-13-9-11)4-3-10-2-1-7-14-10/h1-2,7H,3-6,9H2. The Morgan fingerprint density at radius 1 is 1.64 bits per heavy atom. The van der Waals surface area contributed by atoms with Gasteiger partial charge in [0.05, 0.1) is 18.1 Å². The number of nitriles is 1. The zero-order valence-corrected chi connectivity index (χ0v) is 8.85. The van der Waals surface area contributed by atoms with Crippen LogP contribution >= 0.6 is 11.3 Å². The Balaban J connectivity index is 1.93. The van der Waals surface area contributed by atoms with Crippen LogP contribution in [0, 0.1) is 16.7 Å². The van der Waals surface area contributed by atoms with Gasteiger partial charge in [0.15, 0.2) is 0 Å². The molecule has 0 amide bonds. The summed E-state index contributed by atoms with van der Waals surface area (Å²) >= 11 is 1.77. The second-order valence-corrected chi connectivity index (χ2v) is 4.81. The van der Waals surface area contributed by atoms with Gasteiger partial charge >= 0.3 is 0 Å². The minimum absolute atomic E-state index is 0.204. The molecule has 1 aliphatic heterocycles. The quantitative estimate of drug-likeness (QED) is 0.763. The van der Waals surface area contributed by atoms with Gasteiger partial charge in [-0.1, -0.05) is 6.07 Å². The third kappa shape index (κ3) is 1.97. The lowest BCUT2D eigenvalue weighted by atomic mass is 9.84. The highest BCUT2D eigenvalue weighted by molar-refractivity contribution is 7.09. The van der Waals surface area contributed by atoms with E-state index in [0.29, 0.717) is 6.61 Å². The van der Waals surface area contributed by atoms with Gasteiger partial charge in [-0.2, -0.15) is 5.26 Å². The molecule has 2 nitrogen and oxygen atoms in total. The van der Waals surface area contributed by atoms with E-state index in [1.165, 1.54) is 4.88 Å². The van der Waals surface area contributed by atoms with Crippen molar-refractivity contribution in [3.63, 3.8) is 0 Å². The summed E-state index contributed by atoms with van der Waals surface area (Å²) in [6, 6.07) is 6.61. The molecule has 0 N–H and O–H groups in total. The molecule has 0 bridgehead atoms. The third-order valence-corrected chi connectivity index (χ3v) is 3.71. The SMILES string of the molecule is N#CC1(CCc2cccs2)CCOC1. The highest BCUT2D eigenvalue weighted by Gasteiger charge is 2.34. The Kier molecular flexibility index (Phi) is 2.85. The van der Waals surface area contributed by atoms with E-state index in [4.69, 9.17) is 10.00 Å². The molecule has 0 aliphatic carbocycles. The smallest absolute Gasteiger partial charge is 0.0832 e. The maximum Gasteiger partial charge on any atom is 0.0832 e. The summed E-state index contributed by atoms with van der Waals surface area (Å²) < 4.78 is 5.30. The first-order valence-corrected chi connectivity index (χ1v) is 5.74. The number of aryl methyl sites for hydroxylation is 1. The van der Waals surface area contributed by atoms with Crippen molar-refractivity contribution in [1.29, 1.82) is 5.26 Å². The number of ether oxygens (including phenoxy) is 1. The van der Waals surface area contributed by atoms with Crippen LogP contribution in [-0.2, 0) is 11.2 Å². The first kappa shape index (κ1) is 9.70. The van der Waals surface area contributed by atoms with Gasteiger partial charge in [0.1, 0.15) is 0 Å². The lowest BCUT2D eigenvalue weighted by Crippen LogP contribution is -2.19. The summed E-state index contributed by atoms with van der Waals surface area (Å²) in [6.45, 7) is 1.37. The van der Waals surface area contributed by atoms with Gasteiger partial charge in [0, 0.05) is 11.5 Å². The molecule has 3 heteroatoms. The van der Waals surface area contributed by atoms with Crippen LogP contribution in [-0.4, -0.2) is 13.2 Å². The summed E-state index contributed by atoms with van der Waals surface area (Å²) in [4.78, 5) is 1.37. The van der Waals surface area contributed by atoms with Crippen LogP contribution in [0.1, 0.15) is 17.7 Å². The number of nitrogens with zero attached hydrogens (tertiary/aromatic N) is 1. The lowest BCUT2D eigenvalue weighted by Gasteiger charge is -2.17. The van der Waals surface area contributed by atoms with Crippen molar-refractivity contribution in [3.8, 4) is 6.07 Å². The van der Waals surface area contributed by atoms with Gasteiger partial charge in [-0.05, 0) is 30.7 Å². The summed E-state index contributed by atoms with van der Waals surface area (Å²) in [5.74, 6) is 0. The Morgan fingerprint density at radius 3 is 3.14 bits per heavy atom. The van der Waals surface area contributed by atoms with Gasteiger partial charge in [0.2, 0.25) is 0 Å². The summed E-state index contributed by atoms with van der Waals surface area (Å²) in [6.07, 6.45) is 2.84. The first-order valence-electron chi connectivity index (χ1n) is 4.86. The molecule has 1 fully saturated rings. The van der Waals surface area contributed by atoms with Crippen molar-refractivity contribution < 1.29 is 4.74 Å². The first-order chi connectivity index (χ1) is 6.85. The van der Waals surface area contributed by atoms with E-state index in [9.17, 15) is 0 Å². The summed E-state index contributed by atoms with van der Waals surface area (Å²) in [7, 11) is 0. The van der Waals surface area contributed by atoms with Crippen molar-refractivity contribution >= 4 is 11.3 Å². The fourth-order valence-electron chi connectivity index (χ4n) is 1.77. The van der Waals surface area contributed by atoms with Crippen LogP contribution in [0.2, 0.25) is 0 Å². The minimum Gasteiger partial charge on any atom is -0.380 e. The number of hydrogen-bond donors (Lipinski definition) is 0. The molecular weight excluding hydrogens is 194 g/mol. The van der Waals surface area contributed by atoms with E-state index in [1.54, 1.807) is 11.3 Å². The third-order valence-electron chi connectivity index (χ3n) is 2.77. The molecule has 1 aromatic rings. The Labute approximate surface area is 88.1 Å². The lowest BCUT2D eigenvalue weighted by molar-refractivity contribution is 0.169. The van der Waals surface area contributed by atoms with Crippen LogP contribution < -0.4 is 0 Å². The highest BCUT2D eigenvalue weighted by Crippen LogP contribution is 2.33. The van der Waals surface area contributed by atoms with Gasteiger partial charge in [-0.25, -0.2) is 0 Å². The van der Waals surface area contributed by atoms with Crippen LogP contribution in [0.25, 0.3) is 0 Å². The Bertz CT molecular complexity index is 320. The van der Waals surface area contributed by atoms with Gasteiger partial charge in [-0.15, -0.1) is 11.3 Å². The largest absolute Gasteiger partial charge is 0.380 e. The normalized spacial score (nSPS) is 26.2. The molecule has 2 heterocycles. The minimum atomic E-state index is -0.204. The molecule has 1 aliphatic rings. The molecule has 0 spiro atoms. The Hall–Kier alpha value is -0.850. The van der Waals surface area contributed by atoms with Crippen LogP contribution in [0.4, 0.5) is 0 Å². The predicted molar refractivity (Wildman–Crippen MR) is 56.1 cm³/mol. The molecular formula is C11H13NOS. The second-order valence-electron chi connectivity index (χ2n) is 3.77. The molecule has 0 aromatic carbocycles. The predicted octanol–water partition coefficient (Wildman–Crippen LogP) is 2.61. The van der Waals surface area contributed by atoms with Crippen LogP contribution in [0.5, 0.6) is 0 Å². The average molecular weight is 207 g/mol. The van der Waals surface area contributed by atoms with Crippen molar-refractivity contribution in [2.75, 3.05) is 13.2 Å². The van der Waals surface area contributed by atoms with Gasteiger partial charge in [-0.3, -0.25) is 0 Å². The van der Waals surface area contributed by atoms with E-state index in [0.717, 1.165) is 25.9 Å². The number of rotatable bonds is 3. The fraction of sp³-hybridized carbons (Fsp3) is 0.545.